The number of carbonyl (C=O) groups is 1. The van der Waals surface area contributed by atoms with E-state index in [2.05, 4.69) is 26.1 Å². The zero-order valence-corrected chi connectivity index (χ0v) is 21.0. The zero-order valence-electron chi connectivity index (χ0n) is 19.5. The molecule has 3 aromatic rings. The van der Waals surface area contributed by atoms with E-state index in [1.165, 1.54) is 0 Å². The van der Waals surface area contributed by atoms with Gasteiger partial charge < -0.3 is 14.5 Å². The van der Waals surface area contributed by atoms with Crippen molar-refractivity contribution in [3.63, 3.8) is 0 Å². The van der Waals surface area contributed by atoms with Gasteiger partial charge in [0.25, 0.3) is 0 Å². The van der Waals surface area contributed by atoms with Crippen molar-refractivity contribution in [1.82, 2.24) is 5.32 Å². The van der Waals surface area contributed by atoms with Crippen LogP contribution in [0, 0.1) is 5.41 Å². The molecule has 0 aliphatic carbocycles. The van der Waals surface area contributed by atoms with Gasteiger partial charge in [0.05, 0.1) is 17.2 Å². The van der Waals surface area contributed by atoms with Crippen LogP contribution in [0.4, 0.5) is 0 Å². The van der Waals surface area contributed by atoms with E-state index in [9.17, 15) is 4.79 Å². The summed E-state index contributed by atoms with van der Waals surface area (Å²) in [4.78, 5) is 13.4. The van der Waals surface area contributed by atoms with E-state index in [1.807, 2.05) is 38.1 Å². The highest BCUT2D eigenvalue weighted by atomic mass is 35.5. The molecule has 174 valence electrons. The molecule has 0 aliphatic rings. The number of halogens is 2. The molecule has 3 rings (SSSR count). The van der Waals surface area contributed by atoms with Crippen molar-refractivity contribution in [2.75, 3.05) is 19.7 Å². The average Bonchev–Trinajstić information content (AvgIpc) is 3.10. The molecule has 0 bridgehead atoms. The van der Waals surface area contributed by atoms with E-state index in [1.54, 1.807) is 18.2 Å². The average molecular weight is 478 g/mol. The highest BCUT2D eigenvalue weighted by Gasteiger charge is 2.24. The Labute approximate surface area is 202 Å². The van der Waals surface area contributed by atoms with Crippen LogP contribution in [0.15, 0.2) is 46.9 Å². The first-order valence-corrected chi connectivity index (χ1v) is 11.2. The molecule has 0 aliphatic heterocycles. The second kappa shape index (κ2) is 11.2. The first-order valence-electron chi connectivity index (χ1n) is 10.9. The Morgan fingerprint density at radius 3 is 2.53 bits per heavy atom. The largest absolute Gasteiger partial charge is 0.492 e. The van der Waals surface area contributed by atoms with Gasteiger partial charge in [0, 0.05) is 16.9 Å². The number of benzene rings is 2. The van der Waals surface area contributed by atoms with Crippen LogP contribution in [0.3, 0.4) is 0 Å². The summed E-state index contributed by atoms with van der Waals surface area (Å²) < 4.78 is 11.8. The quantitative estimate of drug-likeness (QED) is 0.260. The topological polar surface area (TPSA) is 51.5 Å². The number of carbonyl (C=O) groups excluding carboxylic acids is 1. The minimum atomic E-state index is -0.0894. The minimum absolute atomic E-state index is 0. The molecule has 0 fully saturated rings. The normalized spacial score (nSPS) is 11.6. The van der Waals surface area contributed by atoms with Crippen molar-refractivity contribution in [3.05, 3.63) is 64.4 Å². The predicted octanol–water partition coefficient (Wildman–Crippen LogP) is 7.27. The summed E-state index contributed by atoms with van der Waals surface area (Å²) in [6.45, 7) is 13.1. The maximum absolute atomic E-state index is 13.4. The molecule has 0 spiro atoms. The number of para-hydroxylation sites is 1. The Morgan fingerprint density at radius 1 is 1.16 bits per heavy atom. The molecule has 4 nitrogen and oxygen atoms in total. The summed E-state index contributed by atoms with van der Waals surface area (Å²) in [7, 11) is 0. The molecule has 1 aromatic heterocycles. The summed E-state index contributed by atoms with van der Waals surface area (Å²) in [5.41, 5.74) is 2.13. The SMILES string of the molecule is CC(C)c1oc2ccccc2c1C(=O)c1ccc(OCCCNCC(C)(C)C)c(Cl)c1.Cl. The number of furan rings is 1. The van der Waals surface area contributed by atoms with Crippen LogP contribution in [0.25, 0.3) is 11.0 Å². The molecule has 1 N–H and O–H groups in total. The van der Waals surface area contributed by atoms with Crippen molar-refractivity contribution >= 4 is 40.8 Å². The van der Waals surface area contributed by atoms with Gasteiger partial charge in [0.1, 0.15) is 17.1 Å². The number of rotatable bonds is 9. The Hall–Kier alpha value is -2.01. The second-order valence-electron chi connectivity index (χ2n) is 9.41. The lowest BCUT2D eigenvalue weighted by atomic mass is 9.96. The zero-order chi connectivity index (χ0) is 22.6. The second-order valence-corrected chi connectivity index (χ2v) is 9.81. The molecule has 1 heterocycles. The highest BCUT2D eigenvalue weighted by molar-refractivity contribution is 6.32. The summed E-state index contributed by atoms with van der Waals surface area (Å²) in [6.07, 6.45) is 0.881. The molecule has 0 atom stereocenters. The molecular weight excluding hydrogens is 445 g/mol. The van der Waals surface area contributed by atoms with Gasteiger partial charge in [-0.25, -0.2) is 0 Å². The molecule has 0 amide bonds. The molecule has 0 saturated heterocycles. The maximum atomic E-state index is 13.4. The monoisotopic (exact) mass is 477 g/mol. The van der Waals surface area contributed by atoms with E-state index in [0.717, 1.165) is 30.5 Å². The van der Waals surface area contributed by atoms with Gasteiger partial charge in [0.2, 0.25) is 0 Å². The number of nitrogens with one attached hydrogen (secondary N) is 1. The Bertz CT molecular complexity index is 1050. The standard InChI is InChI=1S/C26H32ClNO3.ClH/c1-17(2)25-23(19-9-6-7-10-21(19)31-25)24(29)18-11-12-22(20(27)15-18)30-14-8-13-28-16-26(3,4)5;/h6-7,9-12,15,17,28H,8,13-14,16H2,1-5H3;1H. The predicted molar refractivity (Wildman–Crippen MR) is 135 cm³/mol. The first-order chi connectivity index (χ1) is 14.7. The van der Waals surface area contributed by atoms with Crippen molar-refractivity contribution in [2.45, 2.75) is 47.0 Å². The lowest BCUT2D eigenvalue weighted by molar-refractivity contribution is 0.103. The Morgan fingerprint density at radius 2 is 1.88 bits per heavy atom. The Balaban J connectivity index is 0.00000363. The van der Waals surface area contributed by atoms with Gasteiger partial charge in [-0.2, -0.15) is 0 Å². The van der Waals surface area contributed by atoms with Gasteiger partial charge >= 0.3 is 0 Å². The minimum Gasteiger partial charge on any atom is -0.492 e. The van der Waals surface area contributed by atoms with Crippen molar-refractivity contribution in [2.24, 2.45) is 5.41 Å². The maximum Gasteiger partial charge on any atom is 0.197 e. The van der Waals surface area contributed by atoms with Gasteiger partial charge in [-0.15, -0.1) is 12.4 Å². The fourth-order valence-corrected chi connectivity index (χ4v) is 3.69. The molecule has 0 unspecified atom stereocenters. The van der Waals surface area contributed by atoms with Crippen LogP contribution in [0.5, 0.6) is 5.75 Å². The molecular formula is C26H33Cl2NO3. The molecule has 2 aromatic carbocycles. The number of hydrogen-bond donors (Lipinski definition) is 1. The van der Waals surface area contributed by atoms with E-state index in [4.69, 9.17) is 20.8 Å². The third kappa shape index (κ3) is 6.50. The van der Waals surface area contributed by atoms with Gasteiger partial charge in [-0.3, -0.25) is 4.79 Å². The van der Waals surface area contributed by atoms with E-state index in [-0.39, 0.29) is 29.5 Å². The number of fused-ring (bicyclic) bond motifs is 1. The summed E-state index contributed by atoms with van der Waals surface area (Å²) in [6, 6.07) is 12.9. The van der Waals surface area contributed by atoms with Crippen molar-refractivity contribution in [1.29, 1.82) is 0 Å². The fourth-order valence-electron chi connectivity index (χ4n) is 3.45. The van der Waals surface area contributed by atoms with Crippen LogP contribution in [0.2, 0.25) is 5.02 Å². The third-order valence-corrected chi connectivity index (χ3v) is 5.27. The van der Waals surface area contributed by atoms with Crippen LogP contribution < -0.4 is 10.1 Å². The lowest BCUT2D eigenvalue weighted by Crippen LogP contribution is -2.28. The van der Waals surface area contributed by atoms with Gasteiger partial charge in [-0.1, -0.05) is 64.4 Å². The smallest absolute Gasteiger partial charge is 0.197 e. The third-order valence-electron chi connectivity index (χ3n) is 4.98. The summed E-state index contributed by atoms with van der Waals surface area (Å²) in [5, 5.41) is 4.69. The lowest BCUT2D eigenvalue weighted by Gasteiger charge is -2.18. The van der Waals surface area contributed by atoms with E-state index in [0.29, 0.717) is 34.3 Å². The number of ketones is 1. The van der Waals surface area contributed by atoms with Crippen LogP contribution in [0.1, 0.15) is 68.6 Å². The molecule has 6 heteroatoms. The highest BCUT2D eigenvalue weighted by Crippen LogP contribution is 2.34. The van der Waals surface area contributed by atoms with Crippen molar-refractivity contribution in [3.8, 4) is 5.75 Å². The van der Waals surface area contributed by atoms with Crippen LogP contribution in [-0.4, -0.2) is 25.5 Å². The van der Waals surface area contributed by atoms with E-state index >= 15 is 0 Å². The molecule has 0 radical (unpaired) electrons. The number of ether oxygens (including phenoxy) is 1. The van der Waals surface area contributed by atoms with Crippen LogP contribution >= 0.6 is 24.0 Å². The van der Waals surface area contributed by atoms with Crippen LogP contribution in [-0.2, 0) is 0 Å². The molecule has 32 heavy (non-hydrogen) atoms. The van der Waals surface area contributed by atoms with Crippen molar-refractivity contribution < 1.29 is 13.9 Å². The summed E-state index contributed by atoms with van der Waals surface area (Å²) >= 11 is 6.44. The van der Waals surface area contributed by atoms with E-state index < -0.39 is 0 Å². The first kappa shape index (κ1) is 26.2. The van der Waals surface area contributed by atoms with Gasteiger partial charge in [0.15, 0.2) is 5.78 Å². The fraction of sp³-hybridized carbons (Fsp3) is 0.423. The summed E-state index contributed by atoms with van der Waals surface area (Å²) in [5.74, 6) is 1.30. The number of hydrogen-bond acceptors (Lipinski definition) is 4. The molecule has 0 saturated carbocycles. The Kier molecular flexibility index (Phi) is 9.20. The van der Waals surface area contributed by atoms with Gasteiger partial charge in [-0.05, 0) is 49.2 Å².